The van der Waals surface area contributed by atoms with Crippen molar-refractivity contribution < 1.29 is 33.4 Å². The van der Waals surface area contributed by atoms with Crippen LogP contribution in [0.3, 0.4) is 0 Å². The second-order valence-electron chi connectivity index (χ2n) is 4.28. The number of carbonyl (C=O) groups excluding carboxylic acids is 5. The van der Waals surface area contributed by atoms with E-state index in [0.29, 0.717) is 23.8 Å². The van der Waals surface area contributed by atoms with Gasteiger partial charge < -0.3 is 19.1 Å². The normalized spacial score (nSPS) is 7.67. The number of benzene rings is 1. The third kappa shape index (κ3) is 22.6. The van der Waals surface area contributed by atoms with Gasteiger partial charge in [0.05, 0.1) is 18.1 Å². The molecule has 0 bridgehead atoms. The van der Waals surface area contributed by atoms with Crippen molar-refractivity contribution in [2.24, 2.45) is 0 Å². The molecular formula is C20H26O7. The summed E-state index contributed by atoms with van der Waals surface area (Å²) in [5.41, 5.74) is 0.917. The van der Waals surface area contributed by atoms with Crippen molar-refractivity contribution in [3.63, 3.8) is 0 Å². The molecule has 0 radical (unpaired) electrons. The Balaban J connectivity index is -0.000000344. The first kappa shape index (κ1) is 28.5. The molecule has 0 aromatic heterocycles. The Labute approximate surface area is 159 Å². The van der Waals surface area contributed by atoms with Crippen LogP contribution in [0.25, 0.3) is 0 Å². The molecule has 1 aromatic carbocycles. The second kappa shape index (κ2) is 22.6. The fraction of sp³-hybridized carbons (Fsp3) is 0.250. The fourth-order valence-corrected chi connectivity index (χ4v) is 1.08. The maximum Gasteiger partial charge on any atom is 0.342 e. The largest absolute Gasteiger partial charge is 0.435 e. The molecule has 27 heavy (non-hydrogen) atoms. The van der Waals surface area contributed by atoms with Gasteiger partial charge in [-0.25, -0.2) is 4.79 Å². The van der Waals surface area contributed by atoms with Gasteiger partial charge in [0, 0.05) is 18.9 Å². The topological polar surface area (TPSA) is 104 Å². The SMILES string of the molecule is C=COC(=O)c1ccc(C=O)cc1.C=COC(C)=O.CC=O.CCCC=O. The van der Waals surface area contributed by atoms with E-state index in [4.69, 9.17) is 4.79 Å². The number of hydrogen-bond acceptors (Lipinski definition) is 7. The van der Waals surface area contributed by atoms with Gasteiger partial charge in [-0.2, -0.15) is 0 Å². The lowest BCUT2D eigenvalue weighted by atomic mass is 10.1. The minimum Gasteiger partial charge on any atom is -0.435 e. The maximum atomic E-state index is 11.1. The van der Waals surface area contributed by atoms with Crippen LogP contribution in [0.5, 0.6) is 0 Å². The van der Waals surface area contributed by atoms with Gasteiger partial charge in [0.25, 0.3) is 0 Å². The molecule has 0 spiro atoms. The Hall–Kier alpha value is -3.35. The summed E-state index contributed by atoms with van der Waals surface area (Å²) in [6.45, 7) is 11.2. The zero-order chi connectivity index (χ0) is 21.5. The molecule has 0 N–H and O–H groups in total. The summed E-state index contributed by atoms with van der Waals surface area (Å²) in [5.74, 6) is -0.808. The van der Waals surface area contributed by atoms with Gasteiger partial charge in [-0.3, -0.25) is 9.59 Å². The quantitative estimate of drug-likeness (QED) is 0.422. The van der Waals surface area contributed by atoms with Crippen molar-refractivity contribution in [2.45, 2.75) is 33.6 Å². The summed E-state index contributed by atoms with van der Waals surface area (Å²) in [6.07, 6.45) is 6.24. The lowest BCUT2D eigenvalue weighted by Gasteiger charge is -1.97. The Kier molecular flexibility index (Phi) is 23.9. The van der Waals surface area contributed by atoms with Crippen LogP contribution in [-0.2, 0) is 23.9 Å². The molecule has 0 aliphatic heterocycles. The standard InChI is InChI=1S/C10H8O3.C4H6O2.C4H8O.C2H4O/c1-2-13-10(12)9-5-3-8(7-11)4-6-9;1-3-6-4(2)5;1-2-3-4-5;1-2-3/h2-7H,1H2;3H,1H2,2H3;4H,2-3H2,1H3;2H,1H3. The van der Waals surface area contributed by atoms with E-state index in [-0.39, 0.29) is 5.97 Å². The van der Waals surface area contributed by atoms with Crippen LogP contribution in [0.15, 0.2) is 49.9 Å². The summed E-state index contributed by atoms with van der Waals surface area (Å²) in [7, 11) is 0. The van der Waals surface area contributed by atoms with Crippen LogP contribution in [0, 0.1) is 0 Å². The van der Waals surface area contributed by atoms with E-state index >= 15 is 0 Å². The van der Waals surface area contributed by atoms with Crippen LogP contribution in [0.1, 0.15) is 54.3 Å². The van der Waals surface area contributed by atoms with Crippen molar-refractivity contribution in [3.8, 4) is 0 Å². The van der Waals surface area contributed by atoms with Crippen molar-refractivity contribution in [1.29, 1.82) is 0 Å². The van der Waals surface area contributed by atoms with Crippen LogP contribution in [-0.4, -0.2) is 30.8 Å². The lowest BCUT2D eigenvalue weighted by molar-refractivity contribution is -0.135. The summed E-state index contributed by atoms with van der Waals surface area (Å²) in [4.78, 5) is 49.3. The number of hydrogen-bond donors (Lipinski definition) is 0. The third-order valence-electron chi connectivity index (χ3n) is 2.13. The van der Waals surface area contributed by atoms with Crippen molar-refractivity contribution >= 4 is 30.8 Å². The van der Waals surface area contributed by atoms with Gasteiger partial charge in [0.15, 0.2) is 0 Å². The van der Waals surface area contributed by atoms with Crippen LogP contribution in [0.2, 0.25) is 0 Å². The number of aldehydes is 3. The van der Waals surface area contributed by atoms with Gasteiger partial charge in [-0.15, -0.1) is 0 Å². The summed E-state index contributed by atoms with van der Waals surface area (Å²) in [5, 5.41) is 0. The number of esters is 2. The number of unbranched alkanes of at least 4 members (excludes halogenated alkanes) is 1. The van der Waals surface area contributed by atoms with E-state index in [9.17, 15) is 19.2 Å². The highest BCUT2D eigenvalue weighted by Gasteiger charge is 2.04. The van der Waals surface area contributed by atoms with E-state index in [0.717, 1.165) is 31.5 Å². The Morgan fingerprint density at radius 2 is 1.48 bits per heavy atom. The molecule has 0 amide bonds. The zero-order valence-electron chi connectivity index (χ0n) is 15.9. The molecular weight excluding hydrogens is 352 g/mol. The molecule has 0 atom stereocenters. The van der Waals surface area contributed by atoms with Gasteiger partial charge >= 0.3 is 11.9 Å². The maximum absolute atomic E-state index is 11.1. The molecule has 7 heteroatoms. The average Bonchev–Trinajstić information content (AvgIpc) is 2.64. The van der Waals surface area contributed by atoms with Gasteiger partial charge in [0.1, 0.15) is 18.9 Å². The highest BCUT2D eigenvalue weighted by atomic mass is 16.5. The van der Waals surface area contributed by atoms with Crippen molar-refractivity contribution in [3.05, 3.63) is 61.1 Å². The monoisotopic (exact) mass is 378 g/mol. The molecule has 1 rings (SSSR count). The number of rotatable bonds is 6. The van der Waals surface area contributed by atoms with Crippen molar-refractivity contribution in [1.82, 2.24) is 0 Å². The third-order valence-corrected chi connectivity index (χ3v) is 2.13. The van der Waals surface area contributed by atoms with E-state index < -0.39 is 5.97 Å². The summed E-state index contributed by atoms with van der Waals surface area (Å²) < 4.78 is 8.70. The number of carbonyl (C=O) groups is 5. The first-order chi connectivity index (χ1) is 12.9. The molecule has 1 aromatic rings. The molecule has 0 fully saturated rings. The molecule has 0 aliphatic carbocycles. The van der Waals surface area contributed by atoms with Gasteiger partial charge in [-0.1, -0.05) is 32.2 Å². The average molecular weight is 378 g/mol. The summed E-state index contributed by atoms with van der Waals surface area (Å²) in [6, 6.07) is 6.14. The zero-order valence-corrected chi connectivity index (χ0v) is 15.9. The molecule has 0 saturated heterocycles. The first-order valence-corrected chi connectivity index (χ1v) is 7.86. The number of ether oxygens (including phenoxy) is 2. The van der Waals surface area contributed by atoms with Crippen LogP contribution >= 0.6 is 0 Å². The van der Waals surface area contributed by atoms with E-state index in [1.54, 1.807) is 12.1 Å². The summed E-state index contributed by atoms with van der Waals surface area (Å²) >= 11 is 0. The molecule has 0 unspecified atom stereocenters. The van der Waals surface area contributed by atoms with E-state index in [1.807, 2.05) is 6.92 Å². The minimum atomic E-state index is -0.479. The predicted octanol–water partition coefficient (Wildman–Crippen LogP) is 3.68. The van der Waals surface area contributed by atoms with Crippen LogP contribution < -0.4 is 0 Å². The minimum absolute atomic E-state index is 0.329. The molecule has 0 aliphatic rings. The smallest absolute Gasteiger partial charge is 0.342 e. The Morgan fingerprint density at radius 3 is 1.70 bits per heavy atom. The lowest BCUT2D eigenvalue weighted by Crippen LogP contribution is -1.99. The molecule has 148 valence electrons. The van der Waals surface area contributed by atoms with Gasteiger partial charge in [0.2, 0.25) is 0 Å². The molecule has 0 saturated carbocycles. The van der Waals surface area contributed by atoms with E-state index in [2.05, 4.69) is 22.6 Å². The van der Waals surface area contributed by atoms with Crippen molar-refractivity contribution in [2.75, 3.05) is 0 Å². The first-order valence-electron chi connectivity index (χ1n) is 7.86. The fourth-order valence-electron chi connectivity index (χ4n) is 1.08. The highest BCUT2D eigenvalue weighted by Crippen LogP contribution is 2.04. The van der Waals surface area contributed by atoms with Crippen LogP contribution in [0.4, 0.5) is 0 Å². The van der Waals surface area contributed by atoms with Gasteiger partial charge in [-0.05, 0) is 25.5 Å². The molecule has 7 nitrogen and oxygen atoms in total. The van der Waals surface area contributed by atoms with E-state index in [1.165, 1.54) is 26.0 Å². The Morgan fingerprint density at radius 1 is 1.00 bits per heavy atom. The second-order valence-corrected chi connectivity index (χ2v) is 4.28. The Bertz CT molecular complexity index is 574. The highest BCUT2D eigenvalue weighted by molar-refractivity contribution is 5.90. The predicted molar refractivity (Wildman–Crippen MR) is 102 cm³/mol. The molecule has 0 heterocycles.